The van der Waals surface area contributed by atoms with Gasteiger partial charge in [-0.2, -0.15) is 0 Å². The molecule has 96 valence electrons. The van der Waals surface area contributed by atoms with E-state index in [9.17, 15) is 19.7 Å². The van der Waals surface area contributed by atoms with E-state index in [1.807, 2.05) is 0 Å². The lowest BCUT2D eigenvalue weighted by Gasteiger charge is -2.22. The van der Waals surface area contributed by atoms with Crippen LogP contribution in [-0.4, -0.2) is 17.0 Å². The van der Waals surface area contributed by atoms with E-state index in [0.29, 0.717) is 6.29 Å². The first kappa shape index (κ1) is 14.0. The maximum Gasteiger partial charge on any atom is 0.266 e. The number of Topliss-reactive ketones (excluding diaryl/α,β-unsaturated/α-hetero) is 1. The van der Waals surface area contributed by atoms with Crippen LogP contribution in [-0.2, 0) is 9.59 Å². The first-order chi connectivity index (χ1) is 8.30. The number of carbonyl (C=O) groups excluding carboxylic acids is 2. The summed E-state index contributed by atoms with van der Waals surface area (Å²) >= 11 is 0. The maximum atomic E-state index is 12.1. The summed E-state index contributed by atoms with van der Waals surface area (Å²) in [6, 6.07) is 0. The average Bonchev–Trinajstić information content (AvgIpc) is 2.48. The molecule has 0 aliphatic heterocycles. The molecule has 0 spiro atoms. The average molecular weight is 249 g/mol. The van der Waals surface area contributed by atoms with Crippen LogP contribution < -0.4 is 0 Å². The fourth-order valence-corrected chi connectivity index (χ4v) is 1.92. The summed E-state index contributed by atoms with van der Waals surface area (Å²) in [4.78, 5) is 33.3. The molecule has 0 radical (unpaired) electrons. The largest absolute Gasteiger partial charge is 0.298 e. The van der Waals surface area contributed by atoms with Gasteiger partial charge in [0.25, 0.3) is 5.70 Å². The molecule has 0 saturated carbocycles. The van der Waals surface area contributed by atoms with Crippen molar-refractivity contribution in [3.63, 3.8) is 0 Å². The van der Waals surface area contributed by atoms with Gasteiger partial charge in [0.1, 0.15) is 12.1 Å². The van der Waals surface area contributed by atoms with Gasteiger partial charge in [0, 0.05) is 23.6 Å². The second kappa shape index (κ2) is 5.08. The number of hydrogen-bond donors (Lipinski definition) is 0. The van der Waals surface area contributed by atoms with Gasteiger partial charge in [0.15, 0.2) is 0 Å². The van der Waals surface area contributed by atoms with Crippen molar-refractivity contribution < 1.29 is 14.5 Å². The van der Waals surface area contributed by atoms with Crippen LogP contribution in [0.2, 0.25) is 0 Å². The van der Waals surface area contributed by atoms with E-state index < -0.39 is 10.3 Å². The van der Waals surface area contributed by atoms with Crippen molar-refractivity contribution in [2.45, 2.75) is 20.8 Å². The summed E-state index contributed by atoms with van der Waals surface area (Å²) < 4.78 is 0. The van der Waals surface area contributed by atoms with Gasteiger partial charge in [-0.05, 0) is 13.0 Å². The first-order valence-corrected chi connectivity index (χ1v) is 5.58. The fourth-order valence-electron chi connectivity index (χ4n) is 1.92. The van der Waals surface area contributed by atoms with Crippen molar-refractivity contribution in [1.29, 1.82) is 0 Å². The zero-order valence-corrected chi connectivity index (χ0v) is 10.5. The van der Waals surface area contributed by atoms with E-state index in [-0.39, 0.29) is 23.0 Å². The number of nitrogens with zero attached hydrogens (tertiary/aromatic N) is 1. The van der Waals surface area contributed by atoms with E-state index >= 15 is 0 Å². The second-order valence-electron chi connectivity index (χ2n) is 4.72. The smallest absolute Gasteiger partial charge is 0.266 e. The summed E-state index contributed by atoms with van der Waals surface area (Å²) in [5, 5.41) is 10.8. The summed E-state index contributed by atoms with van der Waals surface area (Å²) in [6.07, 6.45) is 5.93. The van der Waals surface area contributed by atoms with Crippen molar-refractivity contribution in [3.8, 4) is 0 Å². The minimum absolute atomic E-state index is 0.162. The molecule has 0 bridgehead atoms. The summed E-state index contributed by atoms with van der Waals surface area (Å²) in [7, 11) is 0. The molecule has 1 aliphatic rings. The quantitative estimate of drug-likeness (QED) is 0.434. The summed E-state index contributed by atoms with van der Waals surface area (Å²) in [5.74, 6) is -0.439. The molecule has 0 amide bonds. The Hall–Kier alpha value is -2.04. The van der Waals surface area contributed by atoms with Gasteiger partial charge < -0.3 is 0 Å². The SMILES string of the molecule is CC(C)C(=O)C1(C)C=C(C=O)C=CC([N+](=O)[O-])=C1. The van der Waals surface area contributed by atoms with Crippen LogP contribution in [0, 0.1) is 21.4 Å². The normalized spacial score (nSPS) is 23.1. The molecular formula is C13H15NO4. The molecule has 0 N–H and O–H groups in total. The van der Waals surface area contributed by atoms with Crippen molar-refractivity contribution in [2.75, 3.05) is 0 Å². The number of carbonyl (C=O) groups is 2. The molecule has 1 atom stereocenters. The highest BCUT2D eigenvalue weighted by Gasteiger charge is 2.34. The Morgan fingerprint density at radius 3 is 2.44 bits per heavy atom. The molecule has 5 nitrogen and oxygen atoms in total. The van der Waals surface area contributed by atoms with Crippen molar-refractivity contribution in [3.05, 3.63) is 45.7 Å². The van der Waals surface area contributed by atoms with Crippen LogP contribution in [0.3, 0.4) is 0 Å². The highest BCUT2D eigenvalue weighted by Crippen LogP contribution is 2.31. The predicted molar refractivity (Wildman–Crippen MR) is 66.3 cm³/mol. The van der Waals surface area contributed by atoms with Crippen LogP contribution in [0.1, 0.15) is 20.8 Å². The lowest BCUT2D eigenvalue weighted by Crippen LogP contribution is -2.28. The van der Waals surface area contributed by atoms with Crippen molar-refractivity contribution in [1.82, 2.24) is 0 Å². The molecule has 0 fully saturated rings. The van der Waals surface area contributed by atoms with E-state index in [0.717, 1.165) is 0 Å². The minimum Gasteiger partial charge on any atom is -0.298 e. The van der Waals surface area contributed by atoms with Crippen LogP contribution in [0.5, 0.6) is 0 Å². The maximum absolute atomic E-state index is 12.1. The van der Waals surface area contributed by atoms with Crippen molar-refractivity contribution in [2.24, 2.45) is 11.3 Å². The third-order valence-electron chi connectivity index (χ3n) is 2.76. The topological polar surface area (TPSA) is 77.3 Å². The van der Waals surface area contributed by atoms with E-state index in [1.165, 1.54) is 24.3 Å². The standard InChI is InChI=1S/C13H15NO4/c1-9(2)12(16)13(3)6-10(8-15)4-5-11(7-13)14(17)18/h4-9H,1-3H3. The van der Waals surface area contributed by atoms with Crippen LogP contribution >= 0.6 is 0 Å². The number of aldehydes is 1. The Kier molecular flexibility index (Phi) is 3.96. The van der Waals surface area contributed by atoms with Crippen LogP contribution in [0.4, 0.5) is 0 Å². The van der Waals surface area contributed by atoms with Crippen LogP contribution in [0.15, 0.2) is 35.6 Å². The van der Waals surface area contributed by atoms with Gasteiger partial charge in [-0.1, -0.05) is 19.9 Å². The Balaban J connectivity index is 3.37. The van der Waals surface area contributed by atoms with Gasteiger partial charge in [-0.25, -0.2) is 0 Å². The monoisotopic (exact) mass is 249 g/mol. The molecule has 1 unspecified atom stereocenters. The van der Waals surface area contributed by atoms with E-state index in [4.69, 9.17) is 0 Å². The van der Waals surface area contributed by atoms with Crippen LogP contribution in [0.25, 0.3) is 0 Å². The molecule has 0 aromatic carbocycles. The number of nitro groups is 1. The Labute approximate surface area is 105 Å². The molecule has 5 heteroatoms. The Bertz CT molecular complexity index is 485. The third-order valence-corrected chi connectivity index (χ3v) is 2.76. The highest BCUT2D eigenvalue weighted by atomic mass is 16.6. The molecule has 0 aromatic heterocycles. The number of ketones is 1. The number of hydrogen-bond acceptors (Lipinski definition) is 4. The zero-order chi connectivity index (χ0) is 13.9. The van der Waals surface area contributed by atoms with E-state index in [1.54, 1.807) is 20.8 Å². The fraction of sp³-hybridized carbons (Fsp3) is 0.385. The predicted octanol–water partition coefficient (Wildman–Crippen LogP) is 2.07. The molecule has 1 aliphatic carbocycles. The molecule has 18 heavy (non-hydrogen) atoms. The minimum atomic E-state index is -1.13. The molecular weight excluding hydrogens is 234 g/mol. The first-order valence-electron chi connectivity index (χ1n) is 5.58. The van der Waals surface area contributed by atoms with Gasteiger partial charge in [0.05, 0.1) is 10.3 Å². The molecule has 0 saturated heterocycles. The molecule has 0 heterocycles. The second-order valence-corrected chi connectivity index (χ2v) is 4.72. The lowest BCUT2D eigenvalue weighted by molar-refractivity contribution is -0.419. The van der Waals surface area contributed by atoms with Crippen molar-refractivity contribution >= 4 is 12.1 Å². The number of allylic oxidation sites excluding steroid dienone is 5. The highest BCUT2D eigenvalue weighted by molar-refractivity contribution is 5.92. The lowest BCUT2D eigenvalue weighted by atomic mass is 9.79. The summed E-state index contributed by atoms with van der Waals surface area (Å²) in [6.45, 7) is 5.02. The Morgan fingerprint density at radius 1 is 1.39 bits per heavy atom. The number of rotatable bonds is 4. The van der Waals surface area contributed by atoms with Gasteiger partial charge in [-0.15, -0.1) is 0 Å². The Morgan fingerprint density at radius 2 is 2.00 bits per heavy atom. The van der Waals surface area contributed by atoms with Gasteiger partial charge >= 0.3 is 0 Å². The molecule has 1 rings (SSSR count). The zero-order valence-electron chi connectivity index (χ0n) is 10.5. The van der Waals surface area contributed by atoms with Gasteiger partial charge in [0.2, 0.25) is 0 Å². The third kappa shape index (κ3) is 2.80. The van der Waals surface area contributed by atoms with E-state index in [2.05, 4.69) is 0 Å². The summed E-state index contributed by atoms with van der Waals surface area (Å²) in [5.41, 5.74) is -1.05. The molecule has 0 aromatic rings. The van der Waals surface area contributed by atoms with Gasteiger partial charge in [-0.3, -0.25) is 19.7 Å².